The molecule has 0 saturated carbocycles. The highest BCUT2D eigenvalue weighted by atomic mass is 19.1. The van der Waals surface area contributed by atoms with Crippen molar-refractivity contribution in [2.75, 3.05) is 13.1 Å². The van der Waals surface area contributed by atoms with Gasteiger partial charge in [0, 0.05) is 30.1 Å². The first-order valence-corrected chi connectivity index (χ1v) is 9.47. The van der Waals surface area contributed by atoms with Gasteiger partial charge >= 0.3 is 0 Å². The Balaban J connectivity index is 1.41. The van der Waals surface area contributed by atoms with Crippen LogP contribution < -0.4 is 0 Å². The van der Waals surface area contributed by atoms with E-state index in [0.29, 0.717) is 24.8 Å². The van der Waals surface area contributed by atoms with E-state index in [1.807, 2.05) is 30.9 Å². The molecule has 1 fully saturated rings. The fourth-order valence-corrected chi connectivity index (χ4v) is 3.73. The van der Waals surface area contributed by atoms with Crippen molar-refractivity contribution in [3.8, 4) is 11.4 Å². The molecule has 0 radical (unpaired) electrons. The number of aromatic nitrogens is 2. The number of hydrogen-bond donors (Lipinski definition) is 0. The Labute approximate surface area is 163 Å². The van der Waals surface area contributed by atoms with Gasteiger partial charge in [0.2, 0.25) is 11.7 Å². The lowest BCUT2D eigenvalue weighted by Gasteiger charge is -2.30. The maximum Gasteiger partial charge on any atom is 0.253 e. The second-order valence-corrected chi connectivity index (χ2v) is 7.41. The molecule has 0 bridgehead atoms. The topological polar surface area (TPSA) is 59.2 Å². The molecule has 0 N–H and O–H groups in total. The number of likely N-dealkylation sites (tertiary alicyclic amines) is 1. The zero-order valence-electron chi connectivity index (χ0n) is 16.0. The third kappa shape index (κ3) is 3.81. The molecule has 4 rings (SSSR count). The van der Waals surface area contributed by atoms with Crippen LogP contribution in [0.3, 0.4) is 0 Å². The first kappa shape index (κ1) is 18.3. The molecule has 3 aromatic rings. The van der Waals surface area contributed by atoms with Gasteiger partial charge in [0.05, 0.1) is 0 Å². The standard InChI is InChI=1S/C22H22FN3O2/c1-14-11-15(2)13-18(12-14)22(27)26-9-7-17(8-10-26)21-24-20(25-28-21)16-3-5-19(23)6-4-16/h3-6,11-13,17H,7-10H2,1-2H3. The van der Waals surface area contributed by atoms with Crippen LogP contribution in [0.5, 0.6) is 0 Å². The highest BCUT2D eigenvalue weighted by molar-refractivity contribution is 5.94. The molecule has 144 valence electrons. The van der Waals surface area contributed by atoms with Gasteiger partial charge in [-0.3, -0.25) is 4.79 Å². The van der Waals surface area contributed by atoms with Crippen molar-refractivity contribution in [1.82, 2.24) is 15.0 Å². The van der Waals surface area contributed by atoms with Crippen molar-refractivity contribution in [1.29, 1.82) is 0 Å². The van der Waals surface area contributed by atoms with Crippen molar-refractivity contribution in [3.63, 3.8) is 0 Å². The molecule has 1 aliphatic rings. The average Bonchev–Trinajstić information content (AvgIpc) is 3.17. The highest BCUT2D eigenvalue weighted by Crippen LogP contribution is 2.29. The van der Waals surface area contributed by atoms with Gasteiger partial charge in [-0.1, -0.05) is 22.3 Å². The molecule has 2 heterocycles. The van der Waals surface area contributed by atoms with Crippen molar-refractivity contribution in [2.45, 2.75) is 32.6 Å². The maximum absolute atomic E-state index is 13.1. The van der Waals surface area contributed by atoms with Crippen LogP contribution in [-0.2, 0) is 0 Å². The Kier molecular flexibility index (Phi) is 4.94. The van der Waals surface area contributed by atoms with E-state index in [-0.39, 0.29) is 17.6 Å². The third-order valence-electron chi connectivity index (χ3n) is 5.14. The summed E-state index contributed by atoms with van der Waals surface area (Å²) < 4.78 is 18.5. The molecule has 0 spiro atoms. The van der Waals surface area contributed by atoms with E-state index in [2.05, 4.69) is 16.2 Å². The second-order valence-electron chi connectivity index (χ2n) is 7.41. The van der Waals surface area contributed by atoms with Crippen LogP contribution in [0.25, 0.3) is 11.4 Å². The van der Waals surface area contributed by atoms with E-state index >= 15 is 0 Å². The summed E-state index contributed by atoms with van der Waals surface area (Å²) in [5.74, 6) is 0.947. The van der Waals surface area contributed by atoms with Gasteiger partial charge in [-0.15, -0.1) is 0 Å². The van der Waals surface area contributed by atoms with Gasteiger partial charge in [-0.2, -0.15) is 4.98 Å². The number of rotatable bonds is 3. The van der Waals surface area contributed by atoms with E-state index in [4.69, 9.17) is 4.52 Å². The van der Waals surface area contributed by atoms with Crippen LogP contribution in [0.4, 0.5) is 4.39 Å². The van der Waals surface area contributed by atoms with Crippen LogP contribution in [0.15, 0.2) is 47.0 Å². The summed E-state index contributed by atoms with van der Waals surface area (Å²) in [4.78, 5) is 19.2. The molecule has 1 saturated heterocycles. The Bertz CT molecular complexity index is 969. The average molecular weight is 379 g/mol. The van der Waals surface area contributed by atoms with Crippen LogP contribution in [-0.4, -0.2) is 34.0 Å². The largest absolute Gasteiger partial charge is 0.339 e. The number of piperidine rings is 1. The van der Waals surface area contributed by atoms with Crippen molar-refractivity contribution >= 4 is 5.91 Å². The number of halogens is 1. The zero-order chi connectivity index (χ0) is 19.7. The fourth-order valence-electron chi connectivity index (χ4n) is 3.73. The second kappa shape index (κ2) is 7.54. The normalized spacial score (nSPS) is 15.0. The SMILES string of the molecule is Cc1cc(C)cc(C(=O)N2CCC(c3nc(-c4ccc(F)cc4)no3)CC2)c1. The summed E-state index contributed by atoms with van der Waals surface area (Å²) in [6.07, 6.45) is 1.56. The van der Waals surface area contributed by atoms with E-state index in [1.54, 1.807) is 12.1 Å². The lowest BCUT2D eigenvalue weighted by Crippen LogP contribution is -2.38. The molecule has 0 unspecified atom stereocenters. The lowest BCUT2D eigenvalue weighted by molar-refractivity contribution is 0.0704. The van der Waals surface area contributed by atoms with E-state index < -0.39 is 0 Å². The summed E-state index contributed by atoms with van der Waals surface area (Å²) in [5, 5.41) is 4.02. The minimum absolute atomic E-state index is 0.0720. The van der Waals surface area contributed by atoms with E-state index in [0.717, 1.165) is 35.1 Å². The summed E-state index contributed by atoms with van der Waals surface area (Å²) >= 11 is 0. The summed E-state index contributed by atoms with van der Waals surface area (Å²) in [6.45, 7) is 5.32. The van der Waals surface area contributed by atoms with Crippen molar-refractivity contribution in [3.05, 3.63) is 70.9 Å². The Morgan fingerprint density at radius 3 is 2.36 bits per heavy atom. The van der Waals surface area contributed by atoms with Crippen LogP contribution in [0, 0.1) is 19.7 Å². The number of carbonyl (C=O) groups excluding carboxylic acids is 1. The number of benzene rings is 2. The summed E-state index contributed by atoms with van der Waals surface area (Å²) in [6, 6.07) is 12.0. The van der Waals surface area contributed by atoms with Gasteiger partial charge in [0.25, 0.3) is 5.91 Å². The third-order valence-corrected chi connectivity index (χ3v) is 5.14. The first-order chi connectivity index (χ1) is 13.5. The smallest absolute Gasteiger partial charge is 0.253 e. The molecule has 5 nitrogen and oxygen atoms in total. The molecule has 2 aromatic carbocycles. The number of nitrogens with zero attached hydrogens (tertiary/aromatic N) is 3. The van der Waals surface area contributed by atoms with Gasteiger partial charge < -0.3 is 9.42 Å². The molecular weight excluding hydrogens is 357 g/mol. The predicted molar refractivity (Wildman–Crippen MR) is 103 cm³/mol. The van der Waals surface area contributed by atoms with Crippen LogP contribution >= 0.6 is 0 Å². The van der Waals surface area contributed by atoms with Gasteiger partial charge in [-0.25, -0.2) is 4.39 Å². The van der Waals surface area contributed by atoms with Crippen molar-refractivity contribution < 1.29 is 13.7 Å². The Morgan fingerprint density at radius 2 is 1.71 bits per heavy atom. The molecule has 28 heavy (non-hydrogen) atoms. The van der Waals surface area contributed by atoms with Gasteiger partial charge in [0.1, 0.15) is 5.82 Å². The van der Waals surface area contributed by atoms with E-state index in [9.17, 15) is 9.18 Å². The minimum atomic E-state index is -0.298. The Morgan fingerprint density at radius 1 is 1.07 bits per heavy atom. The van der Waals surface area contributed by atoms with Crippen LogP contribution in [0.2, 0.25) is 0 Å². The summed E-state index contributed by atoms with van der Waals surface area (Å²) in [7, 11) is 0. The molecule has 1 amide bonds. The number of amides is 1. The van der Waals surface area contributed by atoms with Crippen molar-refractivity contribution in [2.24, 2.45) is 0 Å². The van der Waals surface area contributed by atoms with E-state index in [1.165, 1.54) is 12.1 Å². The highest BCUT2D eigenvalue weighted by Gasteiger charge is 2.28. The van der Waals surface area contributed by atoms with Gasteiger partial charge in [0.15, 0.2) is 0 Å². The number of carbonyl (C=O) groups is 1. The summed E-state index contributed by atoms with van der Waals surface area (Å²) in [5.41, 5.74) is 3.65. The molecule has 1 aromatic heterocycles. The molecule has 0 atom stereocenters. The molecule has 1 aliphatic heterocycles. The quantitative estimate of drug-likeness (QED) is 0.672. The maximum atomic E-state index is 13.1. The Hall–Kier alpha value is -3.02. The predicted octanol–water partition coefficient (Wildman–Crippen LogP) is 4.51. The first-order valence-electron chi connectivity index (χ1n) is 9.47. The minimum Gasteiger partial charge on any atom is -0.339 e. The molecule has 0 aliphatic carbocycles. The fraction of sp³-hybridized carbons (Fsp3) is 0.318. The van der Waals surface area contributed by atoms with Crippen LogP contribution in [0.1, 0.15) is 46.1 Å². The lowest BCUT2D eigenvalue weighted by atomic mass is 9.96. The number of hydrogen-bond acceptors (Lipinski definition) is 4. The molecular formula is C22H22FN3O2. The van der Waals surface area contributed by atoms with Gasteiger partial charge in [-0.05, 0) is 63.1 Å². The zero-order valence-corrected chi connectivity index (χ0v) is 16.0. The molecule has 6 heteroatoms. The number of aryl methyl sites for hydroxylation is 2. The monoisotopic (exact) mass is 379 g/mol.